The van der Waals surface area contributed by atoms with E-state index in [1.165, 1.54) is 0 Å². The first-order valence-corrected chi connectivity index (χ1v) is 6.26. The van der Waals surface area contributed by atoms with Gasteiger partial charge in [0.05, 0.1) is 17.6 Å². The molecule has 3 rings (SSSR count). The molecule has 0 aliphatic carbocycles. The van der Waals surface area contributed by atoms with Gasteiger partial charge in [0.2, 0.25) is 5.95 Å². The molecule has 92 valence electrons. The van der Waals surface area contributed by atoms with Gasteiger partial charge < -0.3 is 14.8 Å². The molecule has 2 aromatic heterocycles. The fourth-order valence-electron chi connectivity index (χ4n) is 1.94. The number of hydrogen-bond acceptors (Lipinski definition) is 4. The Bertz CT molecular complexity index is 716. The van der Waals surface area contributed by atoms with Crippen molar-refractivity contribution in [2.24, 2.45) is 0 Å². The number of imidazole rings is 1. The Morgan fingerprint density at radius 2 is 2.22 bits per heavy atom. The Morgan fingerprint density at radius 3 is 2.94 bits per heavy atom. The Morgan fingerprint density at radius 1 is 1.39 bits per heavy atom. The van der Waals surface area contributed by atoms with Gasteiger partial charge in [-0.2, -0.15) is 0 Å². The van der Waals surface area contributed by atoms with Crippen LogP contribution in [0.5, 0.6) is 0 Å². The summed E-state index contributed by atoms with van der Waals surface area (Å²) in [5.74, 6) is 1.26. The van der Waals surface area contributed by atoms with E-state index >= 15 is 0 Å². The van der Waals surface area contributed by atoms with E-state index in [2.05, 4.69) is 26.1 Å². The maximum absolute atomic E-state index is 5.94. The van der Waals surface area contributed by atoms with E-state index in [4.69, 9.17) is 10.3 Å². The van der Waals surface area contributed by atoms with Crippen molar-refractivity contribution in [2.45, 2.75) is 13.5 Å². The van der Waals surface area contributed by atoms with Crippen LogP contribution < -0.4 is 5.73 Å². The summed E-state index contributed by atoms with van der Waals surface area (Å²) in [6, 6.07) is 7.78. The number of nitrogen functional groups attached to an aromatic ring is 1. The molecule has 0 saturated heterocycles. The Kier molecular flexibility index (Phi) is 2.59. The lowest BCUT2D eigenvalue weighted by atomic mass is 10.3. The van der Waals surface area contributed by atoms with E-state index < -0.39 is 0 Å². The van der Waals surface area contributed by atoms with Crippen LogP contribution in [0.1, 0.15) is 11.5 Å². The Balaban J connectivity index is 2.08. The largest absolute Gasteiger partial charge is 0.369 e. The van der Waals surface area contributed by atoms with Gasteiger partial charge in [-0.1, -0.05) is 21.1 Å². The molecule has 0 unspecified atom stereocenters. The van der Waals surface area contributed by atoms with E-state index in [1.54, 1.807) is 0 Å². The predicted molar refractivity (Wildman–Crippen MR) is 72.2 cm³/mol. The van der Waals surface area contributed by atoms with Crippen molar-refractivity contribution in [3.63, 3.8) is 0 Å². The molecular formula is C12H11BrN4O. The third-order valence-corrected chi connectivity index (χ3v) is 3.23. The van der Waals surface area contributed by atoms with E-state index in [9.17, 15) is 0 Å². The molecule has 6 heteroatoms. The van der Waals surface area contributed by atoms with Crippen LogP contribution in [0.15, 0.2) is 33.3 Å². The Hall–Kier alpha value is -1.82. The highest BCUT2D eigenvalue weighted by Gasteiger charge is 2.10. The van der Waals surface area contributed by atoms with E-state index in [1.807, 2.05) is 35.8 Å². The summed E-state index contributed by atoms with van der Waals surface area (Å²) < 4.78 is 7.95. The van der Waals surface area contributed by atoms with Crippen LogP contribution in [0.3, 0.4) is 0 Å². The molecule has 5 nitrogen and oxygen atoms in total. The first-order chi connectivity index (χ1) is 8.63. The van der Waals surface area contributed by atoms with Crippen LogP contribution in [-0.2, 0) is 6.54 Å². The molecule has 2 heterocycles. The van der Waals surface area contributed by atoms with Gasteiger partial charge in [-0.05, 0) is 25.1 Å². The van der Waals surface area contributed by atoms with Crippen LogP contribution in [0, 0.1) is 6.92 Å². The topological polar surface area (TPSA) is 69.9 Å². The molecule has 2 N–H and O–H groups in total. The third kappa shape index (κ3) is 1.88. The number of aryl methyl sites for hydroxylation is 1. The van der Waals surface area contributed by atoms with Crippen molar-refractivity contribution in [1.29, 1.82) is 0 Å². The minimum Gasteiger partial charge on any atom is -0.369 e. The summed E-state index contributed by atoms with van der Waals surface area (Å²) in [5, 5.41) is 3.97. The summed E-state index contributed by atoms with van der Waals surface area (Å²) in [4.78, 5) is 4.33. The third-order valence-electron chi connectivity index (χ3n) is 2.74. The SMILES string of the molecule is Cc1cc(Cn2c(N)nc3cc(Br)ccc32)no1. The van der Waals surface area contributed by atoms with E-state index in [0.29, 0.717) is 12.5 Å². The number of nitrogens with zero attached hydrogens (tertiary/aromatic N) is 3. The van der Waals surface area contributed by atoms with Gasteiger partial charge >= 0.3 is 0 Å². The predicted octanol–water partition coefficient (Wildman–Crippen LogP) is 2.73. The van der Waals surface area contributed by atoms with Gasteiger partial charge in [0.1, 0.15) is 11.5 Å². The minimum absolute atomic E-state index is 0.476. The van der Waals surface area contributed by atoms with Gasteiger partial charge in [0.15, 0.2) is 0 Å². The highest BCUT2D eigenvalue weighted by molar-refractivity contribution is 9.10. The molecule has 3 aromatic rings. The first-order valence-electron chi connectivity index (χ1n) is 5.47. The molecule has 0 fully saturated rings. The molecule has 0 radical (unpaired) electrons. The summed E-state index contributed by atoms with van der Waals surface area (Å²) in [6.07, 6.45) is 0. The average Bonchev–Trinajstić information content (AvgIpc) is 2.84. The fourth-order valence-corrected chi connectivity index (χ4v) is 2.29. The van der Waals surface area contributed by atoms with Crippen molar-refractivity contribution < 1.29 is 4.52 Å². The van der Waals surface area contributed by atoms with E-state index in [0.717, 1.165) is 27.0 Å². The zero-order chi connectivity index (χ0) is 12.7. The lowest BCUT2D eigenvalue weighted by Crippen LogP contribution is -2.04. The maximum Gasteiger partial charge on any atom is 0.201 e. The van der Waals surface area contributed by atoms with Crippen molar-refractivity contribution >= 4 is 32.9 Å². The molecule has 0 bridgehead atoms. The number of nitrogens with two attached hydrogens (primary N) is 1. The second-order valence-electron chi connectivity index (χ2n) is 4.12. The number of aromatic nitrogens is 3. The number of hydrogen-bond donors (Lipinski definition) is 1. The molecule has 0 spiro atoms. The summed E-state index contributed by atoms with van der Waals surface area (Å²) in [5.41, 5.74) is 8.62. The van der Waals surface area contributed by atoms with Gasteiger partial charge in [-0.3, -0.25) is 0 Å². The zero-order valence-corrected chi connectivity index (χ0v) is 11.3. The number of rotatable bonds is 2. The van der Waals surface area contributed by atoms with Crippen LogP contribution in [-0.4, -0.2) is 14.7 Å². The average molecular weight is 307 g/mol. The summed E-state index contributed by atoms with van der Waals surface area (Å²) in [7, 11) is 0. The quantitative estimate of drug-likeness (QED) is 0.790. The number of halogens is 1. The maximum atomic E-state index is 5.94. The molecule has 0 atom stereocenters. The van der Waals surface area contributed by atoms with Crippen molar-refractivity contribution in [1.82, 2.24) is 14.7 Å². The molecule has 0 aliphatic rings. The van der Waals surface area contributed by atoms with Crippen LogP contribution in [0.2, 0.25) is 0 Å². The van der Waals surface area contributed by atoms with Crippen molar-refractivity contribution in [3.8, 4) is 0 Å². The number of fused-ring (bicyclic) bond motifs is 1. The monoisotopic (exact) mass is 306 g/mol. The smallest absolute Gasteiger partial charge is 0.201 e. The zero-order valence-electron chi connectivity index (χ0n) is 9.72. The highest BCUT2D eigenvalue weighted by atomic mass is 79.9. The first kappa shape index (κ1) is 11.3. The molecular weight excluding hydrogens is 296 g/mol. The fraction of sp³-hybridized carbons (Fsp3) is 0.167. The Labute approximate surface area is 112 Å². The van der Waals surface area contributed by atoms with Crippen molar-refractivity contribution in [2.75, 3.05) is 5.73 Å². The standard InChI is InChI=1S/C12H11BrN4O/c1-7-4-9(16-18-7)6-17-11-3-2-8(13)5-10(11)15-12(17)14/h2-5H,6H2,1H3,(H2,14,15). The second kappa shape index (κ2) is 4.13. The molecule has 18 heavy (non-hydrogen) atoms. The summed E-state index contributed by atoms with van der Waals surface area (Å²) in [6.45, 7) is 2.42. The summed E-state index contributed by atoms with van der Waals surface area (Å²) >= 11 is 3.42. The van der Waals surface area contributed by atoms with E-state index in [-0.39, 0.29) is 0 Å². The van der Waals surface area contributed by atoms with Crippen molar-refractivity contribution in [3.05, 3.63) is 40.2 Å². The highest BCUT2D eigenvalue weighted by Crippen LogP contribution is 2.22. The van der Waals surface area contributed by atoms with Gasteiger partial charge in [-0.15, -0.1) is 0 Å². The molecule has 1 aromatic carbocycles. The lowest BCUT2D eigenvalue weighted by molar-refractivity contribution is 0.389. The molecule has 0 saturated carbocycles. The number of benzene rings is 1. The lowest BCUT2D eigenvalue weighted by Gasteiger charge is -2.03. The van der Waals surface area contributed by atoms with Crippen LogP contribution in [0.25, 0.3) is 11.0 Å². The van der Waals surface area contributed by atoms with Crippen LogP contribution in [0.4, 0.5) is 5.95 Å². The van der Waals surface area contributed by atoms with Gasteiger partial charge in [-0.25, -0.2) is 4.98 Å². The van der Waals surface area contributed by atoms with Gasteiger partial charge in [0.25, 0.3) is 0 Å². The number of anilines is 1. The molecule has 0 amide bonds. The second-order valence-corrected chi connectivity index (χ2v) is 5.03. The van der Waals surface area contributed by atoms with Gasteiger partial charge in [0, 0.05) is 10.5 Å². The minimum atomic E-state index is 0.476. The molecule has 0 aliphatic heterocycles. The normalized spacial score (nSPS) is 11.2. The van der Waals surface area contributed by atoms with Crippen LogP contribution >= 0.6 is 15.9 Å².